The van der Waals surface area contributed by atoms with Crippen LogP contribution in [0.2, 0.25) is 0 Å². The highest BCUT2D eigenvalue weighted by molar-refractivity contribution is 5.99. The number of hydrogen-bond acceptors (Lipinski definition) is 4. The molecule has 6 nitrogen and oxygen atoms in total. The van der Waals surface area contributed by atoms with E-state index in [2.05, 4.69) is 0 Å². The van der Waals surface area contributed by atoms with Gasteiger partial charge >= 0.3 is 5.97 Å². The minimum atomic E-state index is -0.526. The third-order valence-electron chi connectivity index (χ3n) is 5.54. The molecule has 1 unspecified atom stereocenters. The molecule has 2 aliphatic heterocycles. The van der Waals surface area contributed by atoms with Gasteiger partial charge in [-0.2, -0.15) is 0 Å². The fourth-order valence-corrected chi connectivity index (χ4v) is 4.06. The molecule has 1 atom stereocenters. The topological polar surface area (TPSA) is 66.9 Å². The van der Waals surface area contributed by atoms with Crippen LogP contribution < -0.4 is 4.90 Å². The standard InChI is InChI=1S/C23H24N2O4/c1-16-13-19-5-2-3-6-20(19)25(16)22(27)15-29-23(28)18-10-8-17(9-11-18)14-24-12-4-7-21(24)26/h2-3,5-6,8-11,16H,4,7,12-15H2,1H3. The highest BCUT2D eigenvalue weighted by atomic mass is 16.5. The van der Waals surface area contributed by atoms with Gasteiger partial charge in [-0.25, -0.2) is 4.79 Å². The first-order valence-corrected chi connectivity index (χ1v) is 9.97. The molecule has 2 heterocycles. The van der Waals surface area contributed by atoms with Crippen molar-refractivity contribution in [3.05, 3.63) is 65.2 Å². The van der Waals surface area contributed by atoms with E-state index < -0.39 is 5.97 Å². The summed E-state index contributed by atoms with van der Waals surface area (Å²) in [4.78, 5) is 40.2. The van der Waals surface area contributed by atoms with Crippen molar-refractivity contribution in [2.45, 2.75) is 38.8 Å². The summed E-state index contributed by atoms with van der Waals surface area (Å²) < 4.78 is 5.26. The van der Waals surface area contributed by atoms with Crippen LogP contribution in [0.5, 0.6) is 0 Å². The van der Waals surface area contributed by atoms with Crippen molar-refractivity contribution in [3.63, 3.8) is 0 Å². The average molecular weight is 392 g/mol. The molecule has 0 spiro atoms. The van der Waals surface area contributed by atoms with E-state index in [4.69, 9.17) is 4.74 Å². The molecule has 1 saturated heterocycles. The number of carbonyl (C=O) groups excluding carboxylic acids is 3. The van der Waals surface area contributed by atoms with Crippen molar-refractivity contribution in [2.24, 2.45) is 0 Å². The van der Waals surface area contributed by atoms with E-state index in [1.54, 1.807) is 17.0 Å². The maximum atomic E-state index is 12.6. The number of ether oxygens (including phenoxy) is 1. The smallest absolute Gasteiger partial charge is 0.338 e. The van der Waals surface area contributed by atoms with Crippen LogP contribution in [0, 0.1) is 0 Å². The quantitative estimate of drug-likeness (QED) is 0.734. The maximum Gasteiger partial charge on any atom is 0.338 e. The van der Waals surface area contributed by atoms with E-state index in [0.29, 0.717) is 18.5 Å². The molecule has 150 valence electrons. The molecule has 2 aliphatic rings. The lowest BCUT2D eigenvalue weighted by atomic mass is 10.1. The number of likely N-dealkylation sites (tertiary alicyclic amines) is 1. The second kappa shape index (κ2) is 8.07. The Morgan fingerprint density at radius 1 is 1.10 bits per heavy atom. The number of benzene rings is 2. The van der Waals surface area contributed by atoms with Crippen molar-refractivity contribution >= 4 is 23.5 Å². The van der Waals surface area contributed by atoms with Gasteiger partial charge in [-0.05, 0) is 49.1 Å². The number of fused-ring (bicyclic) bond motifs is 1. The first kappa shape index (κ1) is 19.2. The van der Waals surface area contributed by atoms with E-state index in [1.807, 2.05) is 48.2 Å². The van der Waals surface area contributed by atoms with Crippen LogP contribution in [0.4, 0.5) is 5.69 Å². The van der Waals surface area contributed by atoms with E-state index in [-0.39, 0.29) is 24.5 Å². The summed E-state index contributed by atoms with van der Waals surface area (Å²) in [5.74, 6) is -0.577. The summed E-state index contributed by atoms with van der Waals surface area (Å²) in [5, 5.41) is 0. The number of anilines is 1. The molecule has 4 rings (SSSR count). The Morgan fingerprint density at radius 2 is 1.86 bits per heavy atom. The molecule has 2 amide bonds. The van der Waals surface area contributed by atoms with Gasteiger partial charge in [0.25, 0.3) is 5.91 Å². The highest BCUT2D eigenvalue weighted by Crippen LogP contribution is 2.31. The average Bonchev–Trinajstić information content (AvgIpc) is 3.28. The normalized spacial score (nSPS) is 18.1. The largest absolute Gasteiger partial charge is 0.452 e. The van der Waals surface area contributed by atoms with Gasteiger partial charge in [0.1, 0.15) is 0 Å². The molecule has 6 heteroatoms. The molecular formula is C23H24N2O4. The zero-order chi connectivity index (χ0) is 20.4. The van der Waals surface area contributed by atoms with E-state index >= 15 is 0 Å². The molecule has 2 aromatic rings. The number of esters is 1. The Morgan fingerprint density at radius 3 is 2.59 bits per heavy atom. The lowest BCUT2D eigenvalue weighted by Gasteiger charge is -2.22. The number of para-hydroxylation sites is 1. The van der Waals surface area contributed by atoms with E-state index in [0.717, 1.165) is 36.2 Å². The number of nitrogens with zero attached hydrogens (tertiary/aromatic N) is 2. The summed E-state index contributed by atoms with van der Waals surface area (Å²) in [6, 6.07) is 14.8. The molecular weight excluding hydrogens is 368 g/mol. The molecule has 1 fully saturated rings. The number of rotatable bonds is 5. The van der Waals surface area contributed by atoms with Crippen LogP contribution in [-0.4, -0.2) is 41.9 Å². The Balaban J connectivity index is 1.34. The summed E-state index contributed by atoms with van der Waals surface area (Å²) in [6.45, 7) is 3.03. The van der Waals surface area contributed by atoms with Crippen molar-refractivity contribution in [2.75, 3.05) is 18.1 Å². The zero-order valence-corrected chi connectivity index (χ0v) is 16.5. The Hall–Kier alpha value is -3.15. The molecule has 0 bridgehead atoms. The minimum Gasteiger partial charge on any atom is -0.452 e. The van der Waals surface area contributed by atoms with Crippen LogP contribution in [0.1, 0.15) is 41.3 Å². The fraction of sp³-hybridized carbons (Fsp3) is 0.348. The third-order valence-corrected chi connectivity index (χ3v) is 5.54. The third kappa shape index (κ3) is 4.01. The monoisotopic (exact) mass is 392 g/mol. The van der Waals surface area contributed by atoms with Gasteiger partial charge in [0.2, 0.25) is 5.91 Å². The van der Waals surface area contributed by atoms with Gasteiger partial charge in [-0.3, -0.25) is 9.59 Å². The number of amides is 2. The Bertz CT molecular complexity index is 938. The van der Waals surface area contributed by atoms with Crippen LogP contribution in [0.15, 0.2) is 48.5 Å². The van der Waals surface area contributed by atoms with E-state index in [1.165, 1.54) is 0 Å². The minimum absolute atomic E-state index is 0.0474. The van der Waals surface area contributed by atoms with Crippen LogP contribution in [-0.2, 0) is 27.3 Å². The lowest BCUT2D eigenvalue weighted by molar-refractivity contribution is -0.128. The van der Waals surface area contributed by atoms with Gasteiger partial charge in [-0.1, -0.05) is 30.3 Å². The van der Waals surface area contributed by atoms with Gasteiger partial charge in [0.05, 0.1) is 5.56 Å². The summed E-state index contributed by atoms with van der Waals surface area (Å²) >= 11 is 0. The predicted molar refractivity (Wildman–Crippen MR) is 108 cm³/mol. The second-order valence-electron chi connectivity index (χ2n) is 7.64. The van der Waals surface area contributed by atoms with E-state index in [9.17, 15) is 14.4 Å². The summed E-state index contributed by atoms with van der Waals surface area (Å²) in [7, 11) is 0. The zero-order valence-electron chi connectivity index (χ0n) is 16.5. The van der Waals surface area contributed by atoms with Crippen LogP contribution in [0.25, 0.3) is 0 Å². The molecule has 2 aromatic carbocycles. The molecule has 0 radical (unpaired) electrons. The maximum absolute atomic E-state index is 12.6. The first-order chi connectivity index (χ1) is 14.0. The van der Waals surface area contributed by atoms with Crippen LogP contribution in [0.3, 0.4) is 0 Å². The number of hydrogen-bond donors (Lipinski definition) is 0. The van der Waals surface area contributed by atoms with Gasteiger partial charge in [-0.15, -0.1) is 0 Å². The Labute approximate surface area is 170 Å². The fourth-order valence-electron chi connectivity index (χ4n) is 4.06. The van der Waals surface area contributed by atoms with Gasteiger partial charge < -0.3 is 14.5 Å². The second-order valence-corrected chi connectivity index (χ2v) is 7.64. The van der Waals surface area contributed by atoms with Crippen molar-refractivity contribution in [3.8, 4) is 0 Å². The van der Waals surface area contributed by atoms with Crippen LogP contribution >= 0.6 is 0 Å². The highest BCUT2D eigenvalue weighted by Gasteiger charge is 2.31. The lowest BCUT2D eigenvalue weighted by Crippen LogP contribution is -2.38. The van der Waals surface area contributed by atoms with Crippen molar-refractivity contribution in [1.29, 1.82) is 0 Å². The molecule has 0 saturated carbocycles. The molecule has 0 aliphatic carbocycles. The number of carbonyl (C=O) groups is 3. The SMILES string of the molecule is CC1Cc2ccccc2N1C(=O)COC(=O)c1ccc(CN2CCCC2=O)cc1. The first-order valence-electron chi connectivity index (χ1n) is 9.97. The van der Waals surface area contributed by atoms with Gasteiger partial charge in [0.15, 0.2) is 6.61 Å². The predicted octanol–water partition coefficient (Wildman–Crippen LogP) is 2.94. The van der Waals surface area contributed by atoms with Crippen molar-refractivity contribution in [1.82, 2.24) is 4.90 Å². The van der Waals surface area contributed by atoms with Crippen molar-refractivity contribution < 1.29 is 19.1 Å². The molecule has 29 heavy (non-hydrogen) atoms. The summed E-state index contributed by atoms with van der Waals surface area (Å²) in [6.07, 6.45) is 2.31. The molecule has 0 aromatic heterocycles. The molecule has 0 N–H and O–H groups in total. The summed E-state index contributed by atoms with van der Waals surface area (Å²) in [5.41, 5.74) is 3.38. The Kier molecular flexibility index (Phi) is 5.34. The van der Waals surface area contributed by atoms with Gasteiger partial charge in [0, 0.05) is 31.2 Å².